The van der Waals surface area contributed by atoms with Gasteiger partial charge in [-0.15, -0.1) is 0 Å². The van der Waals surface area contributed by atoms with Crippen LogP contribution < -0.4 is 10.1 Å². The smallest absolute Gasteiger partial charge is 0.251 e. The molecule has 0 saturated carbocycles. The van der Waals surface area contributed by atoms with Crippen LogP contribution in [-0.2, 0) is 13.2 Å². The second-order valence-electron chi connectivity index (χ2n) is 5.44. The lowest BCUT2D eigenvalue weighted by Gasteiger charge is -2.08. The molecule has 1 amide bonds. The summed E-state index contributed by atoms with van der Waals surface area (Å²) in [6.07, 6.45) is 2.34. The van der Waals surface area contributed by atoms with Gasteiger partial charge in [-0.3, -0.25) is 9.59 Å². The number of ether oxygens (including phenoxy) is 1. The summed E-state index contributed by atoms with van der Waals surface area (Å²) in [5.74, 6) is 1.13. The average Bonchev–Trinajstić information content (AvgIpc) is 3.18. The maximum Gasteiger partial charge on any atom is 0.251 e. The Bertz CT molecular complexity index is 856. The molecule has 0 radical (unpaired) electrons. The highest BCUT2D eigenvalue weighted by molar-refractivity contribution is 5.94. The Balaban J connectivity index is 1.60. The van der Waals surface area contributed by atoms with Crippen molar-refractivity contribution in [1.29, 1.82) is 0 Å². The van der Waals surface area contributed by atoms with Gasteiger partial charge >= 0.3 is 0 Å². The van der Waals surface area contributed by atoms with E-state index in [1.807, 2.05) is 12.1 Å². The average molecular weight is 335 g/mol. The highest BCUT2D eigenvalue weighted by atomic mass is 16.5. The minimum Gasteiger partial charge on any atom is -0.489 e. The van der Waals surface area contributed by atoms with Crippen LogP contribution in [0.5, 0.6) is 5.75 Å². The molecule has 1 heterocycles. The van der Waals surface area contributed by atoms with Gasteiger partial charge in [-0.25, -0.2) is 0 Å². The van der Waals surface area contributed by atoms with E-state index in [0.29, 0.717) is 35.8 Å². The van der Waals surface area contributed by atoms with E-state index < -0.39 is 0 Å². The maximum absolute atomic E-state index is 12.2. The Hall–Kier alpha value is -3.34. The predicted molar refractivity (Wildman–Crippen MR) is 92.5 cm³/mol. The third-order valence-electron chi connectivity index (χ3n) is 3.59. The number of rotatable bonds is 7. The van der Waals surface area contributed by atoms with Gasteiger partial charge in [0, 0.05) is 11.1 Å². The molecular formula is C20H17NO4. The van der Waals surface area contributed by atoms with Crippen LogP contribution in [0.2, 0.25) is 0 Å². The lowest BCUT2D eigenvalue weighted by atomic mass is 10.1. The van der Waals surface area contributed by atoms with Crippen LogP contribution in [0.1, 0.15) is 32.0 Å². The number of benzene rings is 2. The van der Waals surface area contributed by atoms with E-state index in [1.165, 1.54) is 0 Å². The number of nitrogens with one attached hydrogen (secondary N) is 1. The van der Waals surface area contributed by atoms with Gasteiger partial charge in [0.05, 0.1) is 12.8 Å². The zero-order valence-corrected chi connectivity index (χ0v) is 13.5. The normalized spacial score (nSPS) is 10.2. The molecule has 0 aliphatic heterocycles. The molecular weight excluding hydrogens is 318 g/mol. The fourth-order valence-electron chi connectivity index (χ4n) is 2.33. The summed E-state index contributed by atoms with van der Waals surface area (Å²) < 4.78 is 10.9. The van der Waals surface area contributed by atoms with Gasteiger partial charge in [0.1, 0.15) is 24.4 Å². The van der Waals surface area contributed by atoms with Gasteiger partial charge < -0.3 is 14.5 Å². The molecule has 3 aromatic rings. The van der Waals surface area contributed by atoms with Crippen molar-refractivity contribution >= 4 is 12.2 Å². The predicted octanol–water partition coefficient (Wildman–Crippen LogP) is 3.60. The van der Waals surface area contributed by atoms with E-state index in [0.717, 1.165) is 11.8 Å². The van der Waals surface area contributed by atoms with Crippen LogP contribution in [0, 0.1) is 0 Å². The SMILES string of the molecule is O=Cc1cccc(OCc2cccc(C(=O)NCc3ccco3)c2)c1. The minimum atomic E-state index is -0.179. The number of amides is 1. The molecule has 0 fully saturated rings. The highest BCUT2D eigenvalue weighted by Crippen LogP contribution is 2.15. The zero-order valence-electron chi connectivity index (χ0n) is 13.5. The minimum absolute atomic E-state index is 0.179. The van der Waals surface area contributed by atoms with E-state index in [2.05, 4.69) is 5.32 Å². The first-order chi connectivity index (χ1) is 12.2. The molecule has 3 rings (SSSR count). The molecule has 1 N–H and O–H groups in total. The van der Waals surface area contributed by atoms with Gasteiger partial charge in [0.2, 0.25) is 0 Å². The fourth-order valence-corrected chi connectivity index (χ4v) is 2.33. The summed E-state index contributed by atoms with van der Waals surface area (Å²) in [5, 5.41) is 2.81. The number of carbonyl (C=O) groups is 2. The Morgan fingerprint density at radius 1 is 1.08 bits per heavy atom. The van der Waals surface area contributed by atoms with Gasteiger partial charge in [0.15, 0.2) is 0 Å². The van der Waals surface area contributed by atoms with Crippen molar-refractivity contribution in [2.75, 3.05) is 0 Å². The topological polar surface area (TPSA) is 68.5 Å². The van der Waals surface area contributed by atoms with Crippen molar-refractivity contribution in [2.24, 2.45) is 0 Å². The summed E-state index contributed by atoms with van der Waals surface area (Å²) >= 11 is 0. The summed E-state index contributed by atoms with van der Waals surface area (Å²) in [5.41, 5.74) is 1.97. The fraction of sp³-hybridized carbons (Fsp3) is 0.100. The van der Waals surface area contributed by atoms with Crippen LogP contribution in [0.25, 0.3) is 0 Å². The standard InChI is InChI=1S/C20H17NO4/c22-13-15-4-2-7-18(11-15)25-14-16-5-1-6-17(10-16)20(23)21-12-19-8-3-9-24-19/h1-11,13H,12,14H2,(H,21,23). The van der Waals surface area contributed by atoms with Gasteiger partial charge in [-0.1, -0.05) is 24.3 Å². The highest BCUT2D eigenvalue weighted by Gasteiger charge is 2.07. The van der Waals surface area contributed by atoms with Crippen molar-refractivity contribution < 1.29 is 18.7 Å². The molecule has 5 heteroatoms. The lowest BCUT2D eigenvalue weighted by molar-refractivity contribution is 0.0947. The molecule has 0 atom stereocenters. The molecule has 0 bridgehead atoms. The van der Waals surface area contributed by atoms with Crippen molar-refractivity contribution in [3.05, 3.63) is 89.4 Å². The quantitative estimate of drug-likeness (QED) is 0.670. The van der Waals surface area contributed by atoms with Crippen molar-refractivity contribution in [1.82, 2.24) is 5.32 Å². The molecule has 0 unspecified atom stereocenters. The molecule has 0 aliphatic carbocycles. The van der Waals surface area contributed by atoms with Crippen molar-refractivity contribution in [3.8, 4) is 5.75 Å². The first-order valence-corrected chi connectivity index (χ1v) is 7.82. The Morgan fingerprint density at radius 3 is 2.76 bits per heavy atom. The Morgan fingerprint density at radius 2 is 1.96 bits per heavy atom. The number of hydrogen-bond acceptors (Lipinski definition) is 4. The van der Waals surface area contributed by atoms with Gasteiger partial charge in [-0.05, 0) is 42.0 Å². The first-order valence-electron chi connectivity index (χ1n) is 7.82. The second kappa shape index (κ2) is 7.97. The first kappa shape index (κ1) is 16.5. The number of furan rings is 1. The van der Waals surface area contributed by atoms with Crippen LogP contribution in [0.3, 0.4) is 0 Å². The molecule has 0 saturated heterocycles. The molecule has 126 valence electrons. The zero-order chi connectivity index (χ0) is 17.5. The summed E-state index contributed by atoms with van der Waals surface area (Å²) in [7, 11) is 0. The number of carbonyl (C=O) groups excluding carboxylic acids is 2. The summed E-state index contributed by atoms with van der Waals surface area (Å²) in [6.45, 7) is 0.645. The van der Waals surface area contributed by atoms with E-state index in [-0.39, 0.29) is 5.91 Å². The third kappa shape index (κ3) is 4.57. The summed E-state index contributed by atoms with van der Waals surface area (Å²) in [4.78, 5) is 23.0. The van der Waals surface area contributed by atoms with Gasteiger partial charge in [0.25, 0.3) is 5.91 Å². The molecule has 5 nitrogen and oxygen atoms in total. The van der Waals surface area contributed by atoms with Crippen LogP contribution in [-0.4, -0.2) is 12.2 Å². The van der Waals surface area contributed by atoms with E-state index in [4.69, 9.17) is 9.15 Å². The molecule has 0 aliphatic rings. The van der Waals surface area contributed by atoms with E-state index in [1.54, 1.807) is 54.8 Å². The third-order valence-corrected chi connectivity index (χ3v) is 3.59. The molecule has 2 aromatic carbocycles. The van der Waals surface area contributed by atoms with Crippen molar-refractivity contribution in [3.63, 3.8) is 0 Å². The molecule has 1 aromatic heterocycles. The second-order valence-corrected chi connectivity index (χ2v) is 5.44. The molecule has 25 heavy (non-hydrogen) atoms. The Labute approximate surface area is 145 Å². The van der Waals surface area contributed by atoms with Gasteiger partial charge in [-0.2, -0.15) is 0 Å². The monoisotopic (exact) mass is 335 g/mol. The van der Waals surface area contributed by atoms with Crippen LogP contribution in [0.4, 0.5) is 0 Å². The van der Waals surface area contributed by atoms with Crippen molar-refractivity contribution in [2.45, 2.75) is 13.2 Å². The van der Waals surface area contributed by atoms with Crippen LogP contribution in [0.15, 0.2) is 71.3 Å². The summed E-state index contributed by atoms with van der Waals surface area (Å²) in [6, 6.07) is 17.7. The Kier molecular flexibility index (Phi) is 5.26. The van der Waals surface area contributed by atoms with Crippen LogP contribution >= 0.6 is 0 Å². The largest absolute Gasteiger partial charge is 0.489 e. The van der Waals surface area contributed by atoms with E-state index in [9.17, 15) is 9.59 Å². The lowest BCUT2D eigenvalue weighted by Crippen LogP contribution is -2.22. The molecule has 0 spiro atoms. The maximum atomic E-state index is 12.2. The number of hydrogen-bond donors (Lipinski definition) is 1. The van der Waals surface area contributed by atoms with E-state index >= 15 is 0 Å². The number of aldehydes is 1.